The number of amides is 1. The molecule has 0 spiro atoms. The van der Waals surface area contributed by atoms with Gasteiger partial charge in [0.2, 0.25) is 5.91 Å². The number of nitrogens with one attached hydrogen (secondary N) is 1. The fourth-order valence-electron chi connectivity index (χ4n) is 3.53. The van der Waals surface area contributed by atoms with Crippen LogP contribution in [0.4, 0.5) is 5.00 Å². The summed E-state index contributed by atoms with van der Waals surface area (Å²) in [6, 6.07) is 1.86. The first-order chi connectivity index (χ1) is 12.6. The fraction of sp³-hybridized carbons (Fsp3) is 0.550. The van der Waals surface area contributed by atoms with Crippen molar-refractivity contribution >= 4 is 38.2 Å². The van der Waals surface area contributed by atoms with Crippen LogP contribution in [-0.4, -0.2) is 15.7 Å². The molecule has 0 aliphatic heterocycles. The van der Waals surface area contributed by atoms with Crippen molar-refractivity contribution < 1.29 is 4.79 Å². The maximum Gasteiger partial charge on any atom is 0.249 e. The van der Waals surface area contributed by atoms with E-state index in [-0.39, 0.29) is 11.3 Å². The van der Waals surface area contributed by atoms with Crippen molar-refractivity contribution in [1.82, 2.24) is 9.78 Å². The summed E-state index contributed by atoms with van der Waals surface area (Å²) in [7, 11) is 0. The van der Waals surface area contributed by atoms with Gasteiger partial charge in [0.15, 0.2) is 0 Å². The number of aromatic nitrogens is 2. The number of carbonyl (C=O) groups is 1. The van der Waals surface area contributed by atoms with E-state index in [0.29, 0.717) is 16.5 Å². The van der Waals surface area contributed by atoms with E-state index in [0.717, 1.165) is 35.0 Å². The Morgan fingerprint density at radius 2 is 2.22 bits per heavy atom. The number of hydrogen-bond acceptors (Lipinski definition) is 4. The number of anilines is 1. The van der Waals surface area contributed by atoms with Crippen molar-refractivity contribution in [1.29, 1.82) is 5.26 Å². The highest BCUT2D eigenvalue weighted by atomic mass is 79.9. The van der Waals surface area contributed by atoms with Crippen LogP contribution in [0, 0.1) is 29.6 Å². The second-order valence-electron chi connectivity index (χ2n) is 8.33. The monoisotopic (exact) mass is 448 g/mol. The van der Waals surface area contributed by atoms with Crippen molar-refractivity contribution in [3.8, 4) is 6.07 Å². The summed E-state index contributed by atoms with van der Waals surface area (Å²) in [5, 5.41) is 17.7. The van der Waals surface area contributed by atoms with Crippen LogP contribution in [0.2, 0.25) is 0 Å². The van der Waals surface area contributed by atoms with Crippen LogP contribution in [0.5, 0.6) is 0 Å². The van der Waals surface area contributed by atoms with E-state index in [1.54, 1.807) is 22.2 Å². The highest BCUT2D eigenvalue weighted by Crippen LogP contribution is 2.44. The van der Waals surface area contributed by atoms with Gasteiger partial charge in [-0.3, -0.25) is 9.48 Å². The molecule has 144 valence electrons. The number of carbonyl (C=O) groups excluding carboxylic acids is 1. The molecule has 2 atom stereocenters. The van der Waals surface area contributed by atoms with Gasteiger partial charge in [0.1, 0.15) is 17.1 Å². The Bertz CT molecular complexity index is 896. The normalized spacial score (nSPS) is 17.9. The number of halogens is 1. The molecule has 1 aliphatic carbocycles. The zero-order valence-electron chi connectivity index (χ0n) is 16.4. The van der Waals surface area contributed by atoms with Crippen molar-refractivity contribution in [3.63, 3.8) is 0 Å². The summed E-state index contributed by atoms with van der Waals surface area (Å²) in [4.78, 5) is 14.0. The summed E-state index contributed by atoms with van der Waals surface area (Å²) in [5.41, 5.74) is 2.86. The van der Waals surface area contributed by atoms with Crippen LogP contribution >= 0.6 is 27.3 Å². The van der Waals surface area contributed by atoms with Crippen LogP contribution in [0.25, 0.3) is 0 Å². The van der Waals surface area contributed by atoms with Gasteiger partial charge in [-0.1, -0.05) is 20.8 Å². The molecule has 2 aromatic rings. The second kappa shape index (κ2) is 7.40. The minimum absolute atomic E-state index is 0.160. The number of thiophene rings is 1. The molecule has 3 rings (SSSR count). The largest absolute Gasteiger partial charge is 0.315 e. The molecular formula is C20H25BrN4OS. The quantitative estimate of drug-likeness (QED) is 0.697. The molecule has 0 fully saturated rings. The second-order valence-corrected chi connectivity index (χ2v) is 10.3. The zero-order valence-corrected chi connectivity index (χ0v) is 18.8. The van der Waals surface area contributed by atoms with Crippen LogP contribution in [-0.2, 0) is 17.6 Å². The fourth-order valence-corrected chi connectivity index (χ4v) is 5.10. The zero-order chi connectivity index (χ0) is 19.9. The van der Waals surface area contributed by atoms with Crippen molar-refractivity contribution in [2.24, 2.45) is 11.3 Å². The molecular weight excluding hydrogens is 424 g/mol. The van der Waals surface area contributed by atoms with Gasteiger partial charge in [0.25, 0.3) is 0 Å². The molecule has 27 heavy (non-hydrogen) atoms. The van der Waals surface area contributed by atoms with Crippen LogP contribution in [0.3, 0.4) is 0 Å². The molecule has 0 aromatic carbocycles. The number of hydrogen-bond donors (Lipinski definition) is 1. The van der Waals surface area contributed by atoms with Gasteiger partial charge in [-0.25, -0.2) is 0 Å². The third kappa shape index (κ3) is 3.97. The Balaban J connectivity index is 1.82. The summed E-state index contributed by atoms with van der Waals surface area (Å²) in [6.45, 7) is 10.5. The van der Waals surface area contributed by atoms with Crippen LogP contribution in [0.1, 0.15) is 61.9 Å². The van der Waals surface area contributed by atoms with E-state index in [1.165, 1.54) is 4.88 Å². The van der Waals surface area contributed by atoms with E-state index >= 15 is 0 Å². The first kappa shape index (κ1) is 20.1. The standard InChI is InChI=1S/C20H25BrN4OS/c1-11-16(21)10-25(24-11)12(2)18(26)23-19-15(9-22)14-7-6-13(20(3,4)5)8-17(14)27-19/h10,12-13H,6-8H2,1-5H3,(H,23,26)/t12-,13-/m1/s1. The molecule has 0 bridgehead atoms. The van der Waals surface area contributed by atoms with E-state index in [4.69, 9.17) is 0 Å². The number of nitrogens with zero attached hydrogens (tertiary/aromatic N) is 3. The molecule has 1 N–H and O–H groups in total. The Morgan fingerprint density at radius 1 is 1.52 bits per heavy atom. The molecule has 2 heterocycles. The molecule has 2 aromatic heterocycles. The van der Waals surface area contributed by atoms with E-state index < -0.39 is 6.04 Å². The van der Waals surface area contributed by atoms with Gasteiger partial charge in [-0.2, -0.15) is 10.4 Å². The topological polar surface area (TPSA) is 70.7 Å². The first-order valence-electron chi connectivity index (χ1n) is 9.18. The third-order valence-corrected chi connectivity index (χ3v) is 7.42. The smallest absolute Gasteiger partial charge is 0.249 e. The van der Waals surface area contributed by atoms with E-state index in [9.17, 15) is 10.1 Å². The average molecular weight is 449 g/mol. The predicted octanol–water partition coefficient (Wildman–Crippen LogP) is 5.24. The van der Waals surface area contributed by atoms with Gasteiger partial charge >= 0.3 is 0 Å². The molecule has 0 saturated carbocycles. The number of rotatable bonds is 3. The minimum atomic E-state index is -0.456. The summed E-state index contributed by atoms with van der Waals surface area (Å²) >= 11 is 4.99. The molecule has 1 aliphatic rings. The van der Waals surface area contributed by atoms with Crippen LogP contribution in [0.15, 0.2) is 10.7 Å². The van der Waals surface area contributed by atoms with Crippen LogP contribution < -0.4 is 5.32 Å². The van der Waals surface area contributed by atoms with Gasteiger partial charge in [-0.05, 0) is 65.9 Å². The number of fused-ring (bicyclic) bond motifs is 1. The van der Waals surface area contributed by atoms with Gasteiger partial charge < -0.3 is 5.32 Å². The summed E-state index contributed by atoms with van der Waals surface area (Å²) < 4.78 is 2.52. The van der Waals surface area contributed by atoms with Gasteiger partial charge in [0, 0.05) is 11.1 Å². The lowest BCUT2D eigenvalue weighted by atomic mass is 9.72. The van der Waals surface area contributed by atoms with E-state index in [2.05, 4.69) is 53.2 Å². The van der Waals surface area contributed by atoms with Crippen molar-refractivity contribution in [3.05, 3.63) is 32.4 Å². The van der Waals surface area contributed by atoms with Crippen molar-refractivity contribution in [2.45, 2.75) is 59.9 Å². The molecule has 5 nitrogen and oxygen atoms in total. The number of nitriles is 1. The number of aryl methyl sites for hydroxylation is 1. The molecule has 7 heteroatoms. The van der Waals surface area contributed by atoms with Gasteiger partial charge in [-0.15, -0.1) is 11.3 Å². The Morgan fingerprint density at radius 3 is 2.78 bits per heavy atom. The van der Waals surface area contributed by atoms with Gasteiger partial charge in [0.05, 0.1) is 15.7 Å². The molecule has 0 radical (unpaired) electrons. The van der Waals surface area contributed by atoms with Crippen molar-refractivity contribution in [2.75, 3.05) is 5.32 Å². The highest BCUT2D eigenvalue weighted by Gasteiger charge is 2.32. The summed E-state index contributed by atoms with van der Waals surface area (Å²) in [5.74, 6) is 0.439. The molecule has 0 saturated heterocycles. The Kier molecular flexibility index (Phi) is 5.51. The summed E-state index contributed by atoms with van der Waals surface area (Å²) in [6.07, 6.45) is 4.78. The average Bonchev–Trinajstić information content (AvgIpc) is 3.11. The lowest BCUT2D eigenvalue weighted by Gasteiger charge is -2.33. The molecule has 0 unspecified atom stereocenters. The first-order valence-corrected chi connectivity index (χ1v) is 10.8. The maximum absolute atomic E-state index is 12.7. The highest BCUT2D eigenvalue weighted by molar-refractivity contribution is 9.10. The SMILES string of the molecule is Cc1nn([C@H](C)C(=O)Nc2sc3c(c2C#N)CC[C@@H](C(C)(C)C)C3)cc1Br. The maximum atomic E-state index is 12.7. The lowest BCUT2D eigenvalue weighted by Crippen LogP contribution is -2.26. The van der Waals surface area contributed by atoms with E-state index in [1.807, 2.05) is 13.8 Å². The third-order valence-electron chi connectivity index (χ3n) is 5.47. The lowest BCUT2D eigenvalue weighted by molar-refractivity contribution is -0.119. The minimum Gasteiger partial charge on any atom is -0.315 e. The Hall–Kier alpha value is -1.65. The predicted molar refractivity (Wildman–Crippen MR) is 112 cm³/mol. The Labute approximate surface area is 172 Å². The molecule has 1 amide bonds.